The van der Waals surface area contributed by atoms with Gasteiger partial charge in [0.1, 0.15) is 11.5 Å². The summed E-state index contributed by atoms with van der Waals surface area (Å²) in [6.45, 7) is 0. The average molecular weight is 307 g/mol. The summed E-state index contributed by atoms with van der Waals surface area (Å²) < 4.78 is 39.2. The summed E-state index contributed by atoms with van der Waals surface area (Å²) in [6.07, 6.45) is 0.108. The van der Waals surface area contributed by atoms with Crippen molar-refractivity contribution in [2.24, 2.45) is 10.7 Å². The van der Waals surface area contributed by atoms with Crippen molar-refractivity contribution < 1.29 is 13.2 Å². The summed E-state index contributed by atoms with van der Waals surface area (Å²) in [7, 11) is 0. The maximum atomic E-state index is 13.1. The van der Waals surface area contributed by atoms with Gasteiger partial charge in [-0.3, -0.25) is 4.98 Å². The molecule has 0 unspecified atom stereocenters. The van der Waals surface area contributed by atoms with Crippen LogP contribution in [0.5, 0.6) is 0 Å². The number of anilines is 1. The molecule has 0 aliphatic heterocycles. The molecule has 0 fully saturated rings. The van der Waals surface area contributed by atoms with E-state index >= 15 is 0 Å². The largest absolute Gasteiger partial charge is 0.433 e. The standard InChI is InChI=1S/C14H12F3N5/c15-14(16,17)12(22-10-3-4-13(19)21-8-10)6-11(18)9-2-1-5-20-7-9/h1-8H,18H2,(H2,19,21). The molecule has 114 valence electrons. The van der Waals surface area contributed by atoms with Crippen molar-refractivity contribution in [3.8, 4) is 0 Å². The van der Waals surface area contributed by atoms with Crippen molar-refractivity contribution in [3.05, 3.63) is 54.5 Å². The van der Waals surface area contributed by atoms with Crippen molar-refractivity contribution in [2.75, 3.05) is 5.73 Å². The first-order valence-electron chi connectivity index (χ1n) is 6.11. The molecule has 0 amide bonds. The molecule has 2 rings (SSSR count). The molecule has 0 atom stereocenters. The zero-order chi connectivity index (χ0) is 16.2. The number of hydrogen-bond donors (Lipinski definition) is 2. The minimum atomic E-state index is -4.66. The van der Waals surface area contributed by atoms with Crippen molar-refractivity contribution in [1.82, 2.24) is 9.97 Å². The molecule has 22 heavy (non-hydrogen) atoms. The Bertz CT molecular complexity index is 691. The van der Waals surface area contributed by atoms with Crippen LogP contribution in [0.4, 0.5) is 24.7 Å². The van der Waals surface area contributed by atoms with Crippen LogP contribution in [-0.2, 0) is 0 Å². The summed E-state index contributed by atoms with van der Waals surface area (Å²) in [5.74, 6) is 0.193. The third-order valence-electron chi connectivity index (χ3n) is 2.60. The average Bonchev–Trinajstić information content (AvgIpc) is 2.48. The van der Waals surface area contributed by atoms with Crippen LogP contribution in [0, 0.1) is 0 Å². The van der Waals surface area contributed by atoms with E-state index in [2.05, 4.69) is 15.0 Å². The fraction of sp³-hybridized carbons (Fsp3) is 0.0714. The molecule has 2 aromatic rings. The van der Waals surface area contributed by atoms with Crippen LogP contribution in [0.15, 0.2) is 53.9 Å². The quantitative estimate of drug-likeness (QED) is 0.853. The number of aromatic nitrogens is 2. The van der Waals surface area contributed by atoms with Crippen LogP contribution in [-0.4, -0.2) is 21.9 Å². The maximum absolute atomic E-state index is 13.1. The first-order valence-corrected chi connectivity index (χ1v) is 6.11. The lowest BCUT2D eigenvalue weighted by Crippen LogP contribution is -2.21. The Labute approximate surface area is 124 Å². The van der Waals surface area contributed by atoms with Gasteiger partial charge >= 0.3 is 6.18 Å². The molecule has 0 aromatic carbocycles. The first kappa shape index (κ1) is 15.5. The normalized spacial score (nSPS) is 13.2. The number of alkyl halides is 3. The molecule has 0 radical (unpaired) electrons. The van der Waals surface area contributed by atoms with Gasteiger partial charge < -0.3 is 11.5 Å². The van der Waals surface area contributed by atoms with Crippen LogP contribution in [0.25, 0.3) is 5.70 Å². The van der Waals surface area contributed by atoms with Gasteiger partial charge in [-0.15, -0.1) is 0 Å². The topological polar surface area (TPSA) is 90.2 Å². The van der Waals surface area contributed by atoms with Crippen LogP contribution >= 0.6 is 0 Å². The van der Waals surface area contributed by atoms with E-state index in [1.807, 2.05) is 0 Å². The van der Waals surface area contributed by atoms with Crippen molar-refractivity contribution in [2.45, 2.75) is 6.18 Å². The summed E-state index contributed by atoms with van der Waals surface area (Å²) in [5, 5.41) is 0. The van der Waals surface area contributed by atoms with Crippen LogP contribution in [0.2, 0.25) is 0 Å². The smallest absolute Gasteiger partial charge is 0.398 e. The number of hydrogen-bond acceptors (Lipinski definition) is 5. The van der Waals surface area contributed by atoms with Crippen molar-refractivity contribution in [1.29, 1.82) is 0 Å². The number of allylic oxidation sites excluding steroid dienone is 1. The Kier molecular flexibility index (Phi) is 4.40. The van der Waals surface area contributed by atoms with E-state index in [0.29, 0.717) is 5.56 Å². The minimum absolute atomic E-state index is 0.0248. The maximum Gasteiger partial charge on any atom is 0.433 e. The molecule has 0 aliphatic carbocycles. The Hall–Kier alpha value is -2.90. The molecule has 2 heterocycles. The predicted octanol–water partition coefficient (Wildman–Crippen LogP) is 2.69. The van der Waals surface area contributed by atoms with Gasteiger partial charge in [-0.05, 0) is 30.3 Å². The molecule has 0 aliphatic rings. The Morgan fingerprint density at radius 3 is 2.50 bits per heavy atom. The second-order valence-electron chi connectivity index (χ2n) is 4.28. The van der Waals surface area contributed by atoms with Crippen LogP contribution < -0.4 is 11.5 Å². The highest BCUT2D eigenvalue weighted by molar-refractivity contribution is 6.05. The predicted molar refractivity (Wildman–Crippen MR) is 78.2 cm³/mol. The van der Waals surface area contributed by atoms with E-state index in [-0.39, 0.29) is 17.2 Å². The summed E-state index contributed by atoms with van der Waals surface area (Å²) in [6, 6.07) is 5.82. The van der Waals surface area contributed by atoms with E-state index < -0.39 is 11.9 Å². The number of rotatable bonds is 3. The molecule has 0 saturated heterocycles. The highest BCUT2D eigenvalue weighted by Crippen LogP contribution is 2.24. The fourth-order valence-electron chi connectivity index (χ4n) is 1.54. The van der Waals surface area contributed by atoms with Gasteiger partial charge in [0.05, 0.1) is 11.9 Å². The van der Waals surface area contributed by atoms with Gasteiger partial charge in [0.25, 0.3) is 0 Å². The van der Waals surface area contributed by atoms with Gasteiger partial charge in [0, 0.05) is 23.7 Å². The zero-order valence-electron chi connectivity index (χ0n) is 11.2. The van der Waals surface area contributed by atoms with Gasteiger partial charge in [-0.2, -0.15) is 13.2 Å². The molecule has 0 spiro atoms. The molecule has 8 heteroatoms. The second-order valence-corrected chi connectivity index (χ2v) is 4.28. The highest BCUT2D eigenvalue weighted by Gasteiger charge is 2.34. The number of halogens is 3. The third kappa shape index (κ3) is 4.05. The number of nitrogens with two attached hydrogens (primary N) is 2. The van der Waals surface area contributed by atoms with Crippen LogP contribution in [0.3, 0.4) is 0 Å². The lowest BCUT2D eigenvalue weighted by Gasteiger charge is -2.08. The van der Waals surface area contributed by atoms with E-state index in [0.717, 1.165) is 12.3 Å². The SMILES string of the molecule is NC(=CC(=Nc1ccc(N)nc1)C(F)(F)F)c1cccnc1. The lowest BCUT2D eigenvalue weighted by atomic mass is 10.2. The highest BCUT2D eigenvalue weighted by atomic mass is 19.4. The van der Waals surface area contributed by atoms with Crippen LogP contribution in [0.1, 0.15) is 5.56 Å². The van der Waals surface area contributed by atoms with E-state index in [1.165, 1.54) is 24.5 Å². The number of aliphatic imine (C=N–C) groups is 1. The Morgan fingerprint density at radius 2 is 1.95 bits per heavy atom. The molecular weight excluding hydrogens is 295 g/mol. The van der Waals surface area contributed by atoms with Crippen molar-refractivity contribution >= 4 is 22.9 Å². The monoisotopic (exact) mass is 307 g/mol. The van der Waals surface area contributed by atoms with Gasteiger partial charge in [-0.25, -0.2) is 9.98 Å². The van der Waals surface area contributed by atoms with Gasteiger partial charge in [0.2, 0.25) is 0 Å². The number of nitrogen functional groups attached to an aromatic ring is 1. The Balaban J connectivity index is 2.41. The van der Waals surface area contributed by atoms with Gasteiger partial charge in [-0.1, -0.05) is 0 Å². The first-order chi connectivity index (χ1) is 10.4. The summed E-state index contributed by atoms with van der Waals surface area (Å²) in [4.78, 5) is 11.0. The molecule has 0 bridgehead atoms. The summed E-state index contributed by atoms with van der Waals surface area (Å²) >= 11 is 0. The molecular formula is C14H12F3N5. The van der Waals surface area contributed by atoms with E-state index in [9.17, 15) is 13.2 Å². The molecule has 2 aromatic heterocycles. The fourth-order valence-corrected chi connectivity index (χ4v) is 1.54. The number of pyridine rings is 2. The minimum Gasteiger partial charge on any atom is -0.398 e. The zero-order valence-corrected chi connectivity index (χ0v) is 11.2. The second kappa shape index (κ2) is 6.25. The van der Waals surface area contributed by atoms with Gasteiger partial charge in [0.15, 0.2) is 0 Å². The third-order valence-corrected chi connectivity index (χ3v) is 2.60. The van der Waals surface area contributed by atoms with E-state index in [4.69, 9.17) is 11.5 Å². The van der Waals surface area contributed by atoms with E-state index in [1.54, 1.807) is 12.1 Å². The Morgan fingerprint density at radius 1 is 1.18 bits per heavy atom. The lowest BCUT2D eigenvalue weighted by molar-refractivity contribution is -0.0576. The molecule has 5 nitrogen and oxygen atoms in total. The number of nitrogens with zero attached hydrogens (tertiary/aromatic N) is 3. The summed E-state index contributed by atoms with van der Waals surface area (Å²) in [5.41, 5.74) is 10.2. The molecule has 4 N–H and O–H groups in total. The van der Waals surface area contributed by atoms with Crippen molar-refractivity contribution in [3.63, 3.8) is 0 Å². The molecule has 0 saturated carbocycles.